The van der Waals surface area contributed by atoms with Gasteiger partial charge in [-0.3, -0.25) is 0 Å². The van der Waals surface area contributed by atoms with Crippen LogP contribution in [0.3, 0.4) is 0 Å². The van der Waals surface area contributed by atoms with E-state index < -0.39 is 0 Å². The summed E-state index contributed by atoms with van der Waals surface area (Å²) in [5, 5.41) is 0. The first-order valence-electron chi connectivity index (χ1n) is 5.00. The number of hydrogen-bond acceptors (Lipinski definition) is 1. The van der Waals surface area contributed by atoms with E-state index in [-0.39, 0.29) is 5.60 Å². The summed E-state index contributed by atoms with van der Waals surface area (Å²) in [5.41, 5.74) is 1.12. The summed E-state index contributed by atoms with van der Waals surface area (Å²) in [6.07, 6.45) is 0.948. The molecule has 0 aliphatic carbocycles. The molecule has 0 amide bonds. The minimum absolute atomic E-state index is 0.184. The van der Waals surface area contributed by atoms with E-state index >= 15 is 0 Å². The summed E-state index contributed by atoms with van der Waals surface area (Å²) in [6, 6.07) is 10.4. The Labute approximate surface area is 110 Å². The first-order valence-corrected chi connectivity index (χ1v) is 7.06. The van der Waals surface area contributed by atoms with Crippen LogP contribution in [0.4, 0.5) is 0 Å². The third-order valence-corrected chi connectivity index (χ3v) is 4.43. The molecule has 3 heteroatoms. The van der Waals surface area contributed by atoms with Crippen LogP contribution in [0.1, 0.15) is 12.5 Å². The summed E-state index contributed by atoms with van der Waals surface area (Å²) >= 11 is 8.17. The molecule has 0 spiro atoms. The highest BCUT2D eigenvalue weighted by Gasteiger charge is 2.21. The lowest BCUT2D eigenvalue weighted by Gasteiger charge is -2.25. The Morgan fingerprint density at radius 2 is 2.00 bits per heavy atom. The van der Waals surface area contributed by atoms with Crippen molar-refractivity contribution in [1.82, 2.24) is 0 Å². The van der Waals surface area contributed by atoms with Crippen molar-refractivity contribution in [2.24, 2.45) is 0 Å². The second-order valence-electron chi connectivity index (χ2n) is 3.80. The van der Waals surface area contributed by atoms with Crippen molar-refractivity contribution in [3.8, 4) is 0 Å². The Morgan fingerprint density at radius 1 is 1.33 bits per heavy atom. The van der Waals surface area contributed by atoms with Gasteiger partial charge in [0.05, 0.1) is 18.1 Å². The minimum atomic E-state index is -0.184. The summed E-state index contributed by atoms with van der Waals surface area (Å²) in [7, 11) is 0. The molecule has 0 saturated heterocycles. The van der Waals surface area contributed by atoms with Gasteiger partial charge in [-0.15, -0.1) is 11.6 Å². The van der Waals surface area contributed by atoms with Crippen LogP contribution in [-0.2, 0) is 11.2 Å². The van der Waals surface area contributed by atoms with E-state index in [2.05, 4.69) is 53.8 Å². The highest BCUT2D eigenvalue weighted by Crippen LogP contribution is 2.16. The maximum Gasteiger partial charge on any atom is 0.0878 e. The van der Waals surface area contributed by atoms with Crippen LogP contribution in [0.5, 0.6) is 0 Å². The minimum Gasteiger partial charge on any atom is -0.373 e. The predicted octanol–water partition coefficient (Wildman–Crippen LogP) is 3.68. The van der Waals surface area contributed by atoms with Crippen LogP contribution >= 0.6 is 34.2 Å². The van der Waals surface area contributed by atoms with Gasteiger partial charge >= 0.3 is 0 Å². The molecule has 1 atom stereocenters. The van der Waals surface area contributed by atoms with Crippen molar-refractivity contribution < 1.29 is 4.74 Å². The smallest absolute Gasteiger partial charge is 0.0878 e. The first-order chi connectivity index (χ1) is 7.20. The van der Waals surface area contributed by atoms with E-state index in [4.69, 9.17) is 16.3 Å². The Balaban J connectivity index is 2.33. The van der Waals surface area contributed by atoms with Crippen molar-refractivity contribution in [2.45, 2.75) is 18.9 Å². The Kier molecular flexibility index (Phi) is 5.94. The predicted molar refractivity (Wildman–Crippen MR) is 74.1 cm³/mol. The van der Waals surface area contributed by atoms with Gasteiger partial charge in [0.25, 0.3) is 0 Å². The van der Waals surface area contributed by atoms with Crippen LogP contribution in [0.2, 0.25) is 0 Å². The molecule has 0 fully saturated rings. The molecule has 0 radical (unpaired) electrons. The van der Waals surface area contributed by atoms with Crippen LogP contribution in [0.15, 0.2) is 30.3 Å². The Bertz CT molecular complexity index is 272. The van der Waals surface area contributed by atoms with Crippen molar-refractivity contribution in [2.75, 3.05) is 16.9 Å². The van der Waals surface area contributed by atoms with Crippen LogP contribution in [-0.4, -0.2) is 22.5 Å². The van der Waals surface area contributed by atoms with E-state index in [1.54, 1.807) is 0 Å². The molecular weight excluding hydrogens is 322 g/mol. The average Bonchev–Trinajstić information content (AvgIpc) is 2.30. The van der Waals surface area contributed by atoms with Crippen molar-refractivity contribution in [1.29, 1.82) is 0 Å². The largest absolute Gasteiger partial charge is 0.373 e. The van der Waals surface area contributed by atoms with Gasteiger partial charge in [-0.25, -0.2) is 0 Å². The van der Waals surface area contributed by atoms with Gasteiger partial charge in [0.15, 0.2) is 0 Å². The monoisotopic (exact) mass is 338 g/mol. The van der Waals surface area contributed by atoms with Gasteiger partial charge in [-0.2, -0.15) is 0 Å². The molecule has 84 valence electrons. The molecule has 1 rings (SSSR count). The van der Waals surface area contributed by atoms with Crippen LogP contribution in [0, 0.1) is 0 Å². The highest BCUT2D eigenvalue weighted by molar-refractivity contribution is 14.1. The molecule has 1 unspecified atom stereocenters. The van der Waals surface area contributed by atoms with Gasteiger partial charge in [-0.1, -0.05) is 52.9 Å². The molecule has 0 bridgehead atoms. The van der Waals surface area contributed by atoms with Crippen molar-refractivity contribution in [3.63, 3.8) is 0 Å². The number of hydrogen-bond donors (Lipinski definition) is 0. The van der Waals surface area contributed by atoms with Gasteiger partial charge in [0, 0.05) is 4.43 Å². The lowest BCUT2D eigenvalue weighted by Crippen LogP contribution is -2.33. The van der Waals surface area contributed by atoms with E-state index in [1.165, 1.54) is 5.56 Å². The number of ether oxygens (including phenoxy) is 1. The fourth-order valence-corrected chi connectivity index (χ4v) is 2.15. The number of halogens is 2. The van der Waals surface area contributed by atoms with Gasteiger partial charge in [0.1, 0.15) is 0 Å². The zero-order valence-corrected chi connectivity index (χ0v) is 11.8. The van der Waals surface area contributed by atoms with Gasteiger partial charge in [-0.05, 0) is 18.9 Å². The summed E-state index contributed by atoms with van der Waals surface area (Å²) in [4.78, 5) is 0. The van der Waals surface area contributed by atoms with Crippen LogP contribution in [0.25, 0.3) is 0 Å². The van der Waals surface area contributed by atoms with Crippen molar-refractivity contribution in [3.05, 3.63) is 35.9 Å². The van der Waals surface area contributed by atoms with Crippen LogP contribution < -0.4 is 0 Å². The average molecular weight is 339 g/mol. The molecule has 0 saturated carbocycles. The molecule has 0 N–H and O–H groups in total. The third kappa shape index (κ3) is 4.70. The first kappa shape index (κ1) is 13.3. The van der Waals surface area contributed by atoms with E-state index in [9.17, 15) is 0 Å². The molecule has 0 aliphatic rings. The molecule has 0 aliphatic heterocycles. The van der Waals surface area contributed by atoms with E-state index in [0.717, 1.165) is 17.5 Å². The molecule has 0 aromatic heterocycles. The Hall–Kier alpha value is 0.200. The normalized spacial score (nSPS) is 14.9. The fraction of sp³-hybridized carbons (Fsp3) is 0.500. The second-order valence-corrected chi connectivity index (χ2v) is 4.83. The lowest BCUT2D eigenvalue weighted by atomic mass is 10.1. The standard InChI is InChI=1S/C12H16ClIO/c1-12(9-13,10-14)15-8-7-11-5-3-2-4-6-11/h2-6H,7-10H2,1H3. The molecule has 1 aromatic carbocycles. The maximum atomic E-state index is 5.86. The fourth-order valence-electron chi connectivity index (χ4n) is 1.17. The Morgan fingerprint density at radius 3 is 2.53 bits per heavy atom. The molecule has 1 aromatic rings. The summed E-state index contributed by atoms with van der Waals surface area (Å²) in [6.45, 7) is 2.79. The topological polar surface area (TPSA) is 9.23 Å². The molecular formula is C12H16ClIO. The van der Waals surface area contributed by atoms with E-state index in [1.807, 2.05) is 6.07 Å². The maximum absolute atomic E-state index is 5.86. The second kappa shape index (κ2) is 6.71. The summed E-state index contributed by atoms with van der Waals surface area (Å²) in [5.74, 6) is 0.546. The number of rotatable bonds is 6. The zero-order valence-electron chi connectivity index (χ0n) is 8.88. The number of benzene rings is 1. The number of alkyl halides is 2. The van der Waals surface area contributed by atoms with Gasteiger partial charge < -0.3 is 4.74 Å². The molecule has 15 heavy (non-hydrogen) atoms. The van der Waals surface area contributed by atoms with Crippen molar-refractivity contribution >= 4 is 34.2 Å². The third-order valence-electron chi connectivity index (χ3n) is 2.25. The molecule has 1 nitrogen and oxygen atoms in total. The molecule has 0 heterocycles. The van der Waals surface area contributed by atoms with Gasteiger partial charge in [0.2, 0.25) is 0 Å². The SMILES string of the molecule is CC(CCl)(CI)OCCc1ccccc1. The quantitative estimate of drug-likeness (QED) is 0.568. The van der Waals surface area contributed by atoms with E-state index in [0.29, 0.717) is 5.88 Å². The summed E-state index contributed by atoms with van der Waals surface area (Å²) < 4.78 is 6.71. The highest BCUT2D eigenvalue weighted by atomic mass is 127. The lowest BCUT2D eigenvalue weighted by molar-refractivity contribution is 0.00774. The zero-order chi connectivity index (χ0) is 11.1.